The SMILES string of the molecule is C=CCNC(=NCC(c1cccs1)N1CCCC1)NCCc1ccco1. The van der Waals surface area contributed by atoms with Gasteiger partial charge in [-0.1, -0.05) is 12.1 Å². The number of guanidine groups is 1. The summed E-state index contributed by atoms with van der Waals surface area (Å²) < 4.78 is 5.39. The van der Waals surface area contributed by atoms with Gasteiger partial charge in [0.15, 0.2) is 5.96 Å². The Morgan fingerprint density at radius 2 is 2.19 bits per heavy atom. The van der Waals surface area contributed by atoms with Crippen LogP contribution in [0.4, 0.5) is 0 Å². The molecule has 26 heavy (non-hydrogen) atoms. The smallest absolute Gasteiger partial charge is 0.191 e. The van der Waals surface area contributed by atoms with Crippen molar-refractivity contribution in [3.8, 4) is 0 Å². The molecule has 140 valence electrons. The lowest BCUT2D eigenvalue weighted by atomic mass is 10.2. The molecule has 1 aliphatic heterocycles. The van der Waals surface area contributed by atoms with Gasteiger partial charge < -0.3 is 15.1 Å². The van der Waals surface area contributed by atoms with Gasteiger partial charge in [0, 0.05) is 24.4 Å². The zero-order chi connectivity index (χ0) is 18.0. The summed E-state index contributed by atoms with van der Waals surface area (Å²) >= 11 is 1.82. The highest BCUT2D eigenvalue weighted by Gasteiger charge is 2.24. The molecule has 0 bridgehead atoms. The quantitative estimate of drug-likeness (QED) is 0.402. The Morgan fingerprint density at radius 1 is 1.31 bits per heavy atom. The Bertz CT molecular complexity index is 660. The molecule has 0 aromatic carbocycles. The van der Waals surface area contributed by atoms with Crippen molar-refractivity contribution >= 4 is 17.3 Å². The van der Waals surface area contributed by atoms with Crippen molar-refractivity contribution < 1.29 is 4.42 Å². The number of rotatable bonds is 9. The zero-order valence-electron chi connectivity index (χ0n) is 15.2. The van der Waals surface area contributed by atoms with Gasteiger partial charge in [0.1, 0.15) is 5.76 Å². The van der Waals surface area contributed by atoms with E-state index in [1.165, 1.54) is 30.8 Å². The highest BCUT2D eigenvalue weighted by molar-refractivity contribution is 7.10. The molecule has 0 spiro atoms. The number of furan rings is 1. The van der Waals surface area contributed by atoms with E-state index in [1.54, 1.807) is 6.26 Å². The molecule has 1 saturated heterocycles. The fraction of sp³-hybridized carbons (Fsp3) is 0.450. The molecule has 5 nitrogen and oxygen atoms in total. The summed E-state index contributed by atoms with van der Waals surface area (Å²) in [5.41, 5.74) is 0. The molecular weight excluding hydrogens is 344 g/mol. The molecule has 1 fully saturated rings. The number of likely N-dealkylation sites (tertiary alicyclic amines) is 1. The van der Waals surface area contributed by atoms with Crippen molar-refractivity contribution in [3.63, 3.8) is 0 Å². The van der Waals surface area contributed by atoms with Gasteiger partial charge in [0.2, 0.25) is 0 Å². The van der Waals surface area contributed by atoms with Gasteiger partial charge in [-0.2, -0.15) is 0 Å². The molecule has 2 aromatic rings. The van der Waals surface area contributed by atoms with Crippen molar-refractivity contribution in [1.29, 1.82) is 0 Å². The first-order chi connectivity index (χ1) is 12.9. The molecule has 6 heteroatoms. The average Bonchev–Trinajstić information content (AvgIpc) is 3.42. The summed E-state index contributed by atoms with van der Waals surface area (Å²) in [6.07, 6.45) is 6.97. The lowest BCUT2D eigenvalue weighted by Crippen LogP contribution is -2.39. The third-order valence-electron chi connectivity index (χ3n) is 4.53. The van der Waals surface area contributed by atoms with E-state index in [1.807, 2.05) is 29.5 Å². The van der Waals surface area contributed by atoms with E-state index in [-0.39, 0.29) is 0 Å². The van der Waals surface area contributed by atoms with Crippen molar-refractivity contribution in [2.75, 3.05) is 32.7 Å². The van der Waals surface area contributed by atoms with Crippen LogP contribution in [0, 0.1) is 0 Å². The van der Waals surface area contributed by atoms with Crippen molar-refractivity contribution in [1.82, 2.24) is 15.5 Å². The Kier molecular flexibility index (Phi) is 7.34. The van der Waals surface area contributed by atoms with Gasteiger partial charge in [0.05, 0.1) is 18.8 Å². The Hall–Kier alpha value is -2.05. The summed E-state index contributed by atoms with van der Waals surface area (Å²) in [4.78, 5) is 8.82. The molecule has 1 unspecified atom stereocenters. The number of thiophene rings is 1. The van der Waals surface area contributed by atoms with Crippen LogP contribution in [0.2, 0.25) is 0 Å². The maximum absolute atomic E-state index is 5.39. The maximum atomic E-state index is 5.39. The predicted molar refractivity (Wildman–Crippen MR) is 109 cm³/mol. The van der Waals surface area contributed by atoms with E-state index in [2.05, 4.69) is 39.6 Å². The summed E-state index contributed by atoms with van der Waals surface area (Å²) in [6, 6.07) is 8.64. The van der Waals surface area contributed by atoms with Crippen LogP contribution in [0.1, 0.15) is 29.5 Å². The standard InChI is InChI=1S/C20H28N4OS/c1-2-10-21-20(22-11-9-17-7-5-14-25-17)23-16-18(19-8-6-15-26-19)24-12-3-4-13-24/h2,5-8,14-15,18H,1,3-4,9-13,16H2,(H2,21,22,23). The van der Waals surface area contributed by atoms with Crippen LogP contribution >= 0.6 is 11.3 Å². The summed E-state index contributed by atoms with van der Waals surface area (Å²) in [5.74, 6) is 1.81. The molecule has 0 saturated carbocycles. The molecule has 2 N–H and O–H groups in total. The number of nitrogens with zero attached hydrogens (tertiary/aromatic N) is 2. The van der Waals surface area contributed by atoms with Gasteiger partial charge in [-0.25, -0.2) is 0 Å². The summed E-state index contributed by atoms with van der Waals surface area (Å²) in [5, 5.41) is 8.87. The minimum absolute atomic E-state index is 0.366. The van der Waals surface area contributed by atoms with E-state index in [9.17, 15) is 0 Å². The molecule has 2 aromatic heterocycles. The topological polar surface area (TPSA) is 52.8 Å². The van der Waals surface area contributed by atoms with Crippen LogP contribution in [-0.4, -0.2) is 43.6 Å². The highest BCUT2D eigenvalue weighted by Crippen LogP contribution is 2.28. The number of hydrogen-bond acceptors (Lipinski definition) is 4. The zero-order valence-corrected chi connectivity index (χ0v) is 16.0. The Morgan fingerprint density at radius 3 is 2.88 bits per heavy atom. The molecular formula is C20H28N4OS. The Labute approximate surface area is 159 Å². The first-order valence-corrected chi connectivity index (χ1v) is 10.2. The maximum Gasteiger partial charge on any atom is 0.191 e. The lowest BCUT2D eigenvalue weighted by molar-refractivity contribution is 0.255. The largest absolute Gasteiger partial charge is 0.469 e. The number of aliphatic imine (C=N–C) groups is 1. The van der Waals surface area contributed by atoms with Crippen LogP contribution < -0.4 is 10.6 Å². The molecule has 1 aliphatic rings. The molecule has 0 amide bonds. The van der Waals surface area contributed by atoms with Crippen LogP contribution in [0.3, 0.4) is 0 Å². The third-order valence-corrected chi connectivity index (χ3v) is 5.51. The van der Waals surface area contributed by atoms with Crippen molar-refractivity contribution in [3.05, 3.63) is 59.2 Å². The first-order valence-electron chi connectivity index (χ1n) is 9.29. The van der Waals surface area contributed by atoms with Crippen LogP contribution in [0.25, 0.3) is 0 Å². The van der Waals surface area contributed by atoms with Gasteiger partial charge in [-0.3, -0.25) is 9.89 Å². The minimum Gasteiger partial charge on any atom is -0.469 e. The van der Waals surface area contributed by atoms with Gasteiger partial charge in [-0.15, -0.1) is 17.9 Å². The predicted octanol–water partition coefficient (Wildman–Crippen LogP) is 3.44. The molecule has 0 aliphatic carbocycles. The average molecular weight is 373 g/mol. The van der Waals surface area contributed by atoms with E-state index in [4.69, 9.17) is 9.41 Å². The highest BCUT2D eigenvalue weighted by atomic mass is 32.1. The van der Waals surface area contributed by atoms with Gasteiger partial charge in [-0.05, 0) is 49.5 Å². The summed E-state index contributed by atoms with van der Waals surface area (Å²) in [7, 11) is 0. The molecule has 3 heterocycles. The van der Waals surface area contributed by atoms with Crippen molar-refractivity contribution in [2.45, 2.75) is 25.3 Å². The second-order valence-electron chi connectivity index (χ2n) is 6.39. The molecule has 1 atom stereocenters. The lowest BCUT2D eigenvalue weighted by Gasteiger charge is -2.25. The number of hydrogen-bond donors (Lipinski definition) is 2. The van der Waals surface area contributed by atoms with Crippen molar-refractivity contribution in [2.24, 2.45) is 4.99 Å². The fourth-order valence-corrected chi connectivity index (χ4v) is 4.05. The second-order valence-corrected chi connectivity index (χ2v) is 7.37. The second kappa shape index (κ2) is 10.2. The van der Waals surface area contributed by atoms with E-state index in [0.29, 0.717) is 12.6 Å². The van der Waals surface area contributed by atoms with Gasteiger partial charge in [0.25, 0.3) is 0 Å². The van der Waals surface area contributed by atoms with E-state index in [0.717, 1.165) is 31.2 Å². The monoisotopic (exact) mass is 372 g/mol. The van der Waals surface area contributed by atoms with Crippen LogP contribution in [0.5, 0.6) is 0 Å². The number of nitrogens with one attached hydrogen (secondary N) is 2. The summed E-state index contributed by atoms with van der Waals surface area (Å²) in [6.45, 7) is 8.35. The van der Waals surface area contributed by atoms with E-state index >= 15 is 0 Å². The molecule has 3 rings (SSSR count). The fourth-order valence-electron chi connectivity index (χ4n) is 3.20. The first kappa shape index (κ1) is 18.7. The Balaban J connectivity index is 1.61. The van der Waals surface area contributed by atoms with E-state index < -0.39 is 0 Å². The third kappa shape index (κ3) is 5.47. The molecule has 0 radical (unpaired) electrons. The normalized spacial score (nSPS) is 16.5. The minimum atomic E-state index is 0.366. The van der Waals surface area contributed by atoms with Gasteiger partial charge >= 0.3 is 0 Å². The van der Waals surface area contributed by atoms with Crippen LogP contribution in [-0.2, 0) is 6.42 Å². The van der Waals surface area contributed by atoms with Crippen LogP contribution in [0.15, 0.2) is 58.0 Å².